The number of alkyl halides is 6. The minimum Gasteiger partial charge on any atom is -0.313 e. The fourth-order valence-corrected chi connectivity index (χ4v) is 6.08. The van der Waals surface area contributed by atoms with Crippen molar-refractivity contribution in [1.82, 2.24) is 9.88 Å². The molecule has 2 aromatic carbocycles. The van der Waals surface area contributed by atoms with Crippen molar-refractivity contribution in [2.24, 2.45) is 0 Å². The van der Waals surface area contributed by atoms with Gasteiger partial charge in [-0.1, -0.05) is 6.07 Å². The van der Waals surface area contributed by atoms with E-state index in [0.29, 0.717) is 47.7 Å². The van der Waals surface area contributed by atoms with E-state index in [4.69, 9.17) is 0 Å². The first kappa shape index (κ1) is 32.4. The third kappa shape index (κ3) is 6.14. The number of carbonyl (C=O) groups excluding carboxylic acids is 2. The van der Waals surface area contributed by atoms with Gasteiger partial charge in [0.25, 0.3) is 0 Å². The lowest BCUT2D eigenvalue weighted by Gasteiger charge is -2.36. The van der Waals surface area contributed by atoms with E-state index < -0.39 is 46.2 Å². The van der Waals surface area contributed by atoms with Gasteiger partial charge in [0, 0.05) is 25.7 Å². The normalized spacial score (nSPS) is 17.9. The molecule has 0 saturated carbocycles. The van der Waals surface area contributed by atoms with Crippen molar-refractivity contribution in [1.29, 1.82) is 0 Å². The Morgan fingerprint density at radius 3 is 2.11 bits per heavy atom. The first-order valence-corrected chi connectivity index (χ1v) is 14.3. The van der Waals surface area contributed by atoms with Crippen LogP contribution in [0.2, 0.25) is 0 Å². The molecule has 240 valence electrons. The Kier molecular flexibility index (Phi) is 8.22. The number of benzene rings is 2. The summed E-state index contributed by atoms with van der Waals surface area (Å²) in [6.45, 7) is 5.99. The Hall–Kier alpha value is -4.00. The number of anilines is 2. The monoisotopic (exact) mass is 636 g/mol. The summed E-state index contributed by atoms with van der Waals surface area (Å²) in [5.41, 5.74) is -3.87. The van der Waals surface area contributed by atoms with Gasteiger partial charge in [0.1, 0.15) is 11.6 Å². The Labute approximate surface area is 255 Å². The number of hydrogen-bond donors (Lipinski definition) is 0. The molecular weight excluding hydrogens is 605 g/mol. The molecule has 2 amide bonds. The largest absolute Gasteiger partial charge is 0.416 e. The molecule has 0 bridgehead atoms. The molecule has 13 heteroatoms. The summed E-state index contributed by atoms with van der Waals surface area (Å²) in [5, 5.41) is 0. The predicted octanol–water partition coefficient (Wildman–Crippen LogP) is 6.99. The van der Waals surface area contributed by atoms with Crippen LogP contribution >= 0.6 is 0 Å². The predicted molar refractivity (Wildman–Crippen MR) is 154 cm³/mol. The zero-order valence-corrected chi connectivity index (χ0v) is 25.0. The molecule has 0 aliphatic carbocycles. The number of hydrogen-bond acceptors (Lipinski definition) is 4. The molecule has 2 aliphatic heterocycles. The van der Waals surface area contributed by atoms with E-state index in [9.17, 15) is 40.3 Å². The lowest BCUT2D eigenvalue weighted by atomic mass is 9.81. The summed E-state index contributed by atoms with van der Waals surface area (Å²) >= 11 is 0. The van der Waals surface area contributed by atoms with Crippen LogP contribution in [0.25, 0.3) is 11.1 Å². The Balaban J connectivity index is 1.59. The van der Waals surface area contributed by atoms with Crippen molar-refractivity contribution in [2.45, 2.75) is 57.4 Å². The van der Waals surface area contributed by atoms with Crippen molar-refractivity contribution in [2.75, 3.05) is 36.5 Å². The van der Waals surface area contributed by atoms with Gasteiger partial charge in [-0.15, -0.1) is 0 Å². The molecule has 0 radical (unpaired) electrons. The third-order valence-corrected chi connectivity index (χ3v) is 8.66. The van der Waals surface area contributed by atoms with Gasteiger partial charge in [-0.3, -0.25) is 19.4 Å². The van der Waals surface area contributed by atoms with Gasteiger partial charge >= 0.3 is 12.4 Å². The van der Waals surface area contributed by atoms with Crippen molar-refractivity contribution in [3.8, 4) is 11.1 Å². The van der Waals surface area contributed by atoms with Crippen molar-refractivity contribution in [3.63, 3.8) is 0 Å². The average Bonchev–Trinajstić information content (AvgIpc) is 3.45. The van der Waals surface area contributed by atoms with Gasteiger partial charge in [0.15, 0.2) is 0 Å². The van der Waals surface area contributed by atoms with E-state index in [-0.39, 0.29) is 23.7 Å². The molecule has 5 rings (SSSR count). The highest BCUT2D eigenvalue weighted by atomic mass is 19.4. The van der Waals surface area contributed by atoms with Crippen LogP contribution in [0.3, 0.4) is 0 Å². The highest BCUT2D eigenvalue weighted by Gasteiger charge is 2.42. The van der Waals surface area contributed by atoms with Crippen LogP contribution in [-0.4, -0.2) is 54.4 Å². The maximum atomic E-state index is 14.1. The summed E-state index contributed by atoms with van der Waals surface area (Å²) < 4.78 is 95.8. The molecule has 6 nitrogen and oxygen atoms in total. The SMILES string of the molecule is Cc1cc(F)ccc1-c1cc(N2CCN3CCC[C@H]3C2=O)ncc1N(C)C(=O)C(C)(C)c1cc(C(F)(F)F)cc(C(F)(F)F)c1. The number of carbonyl (C=O) groups is 2. The fourth-order valence-electron chi connectivity index (χ4n) is 6.08. The molecule has 3 heterocycles. The summed E-state index contributed by atoms with van der Waals surface area (Å²) in [6, 6.07) is 6.44. The maximum absolute atomic E-state index is 14.1. The second-order valence-electron chi connectivity index (χ2n) is 12.0. The van der Waals surface area contributed by atoms with Crippen LogP contribution in [0, 0.1) is 12.7 Å². The molecule has 1 aromatic heterocycles. The van der Waals surface area contributed by atoms with E-state index in [0.717, 1.165) is 24.3 Å². The number of fused-ring (bicyclic) bond motifs is 1. The highest BCUT2D eigenvalue weighted by Crippen LogP contribution is 2.41. The molecule has 1 atom stereocenters. The van der Waals surface area contributed by atoms with Gasteiger partial charge in [0.2, 0.25) is 11.8 Å². The van der Waals surface area contributed by atoms with Gasteiger partial charge in [0.05, 0.1) is 34.5 Å². The van der Waals surface area contributed by atoms with Gasteiger partial charge in [-0.2, -0.15) is 26.3 Å². The first-order chi connectivity index (χ1) is 20.9. The number of pyridine rings is 1. The van der Waals surface area contributed by atoms with Crippen LogP contribution < -0.4 is 9.80 Å². The molecular formula is C32H31F7N4O2. The van der Waals surface area contributed by atoms with Gasteiger partial charge in [-0.25, -0.2) is 9.37 Å². The number of piperazine rings is 1. The number of likely N-dealkylation sites (N-methyl/N-ethyl adjacent to an activating group) is 1. The zero-order valence-electron chi connectivity index (χ0n) is 25.0. The summed E-state index contributed by atoms with van der Waals surface area (Å²) in [7, 11) is 1.34. The van der Waals surface area contributed by atoms with Crippen molar-refractivity contribution in [3.05, 3.63) is 76.7 Å². The number of nitrogens with zero attached hydrogens (tertiary/aromatic N) is 4. The van der Waals surface area contributed by atoms with E-state index in [1.807, 2.05) is 0 Å². The smallest absolute Gasteiger partial charge is 0.313 e. The molecule has 2 fully saturated rings. The minimum absolute atomic E-state index is 0.0124. The standard InChI is InChI=1S/C32H31F7N4O2/c1-18-12-22(33)7-8-23(18)24-16-27(43-11-10-42-9-5-6-25(42)28(43)44)40-17-26(24)41(4)29(45)30(2,3)19-13-20(31(34,35)36)15-21(14-19)32(37,38)39/h7-8,12-17,25H,5-6,9-11H2,1-4H3/t25-/m0/s1. The average molecular weight is 637 g/mol. The molecule has 3 aromatic rings. The second-order valence-corrected chi connectivity index (χ2v) is 12.0. The van der Waals surface area contributed by atoms with Crippen molar-refractivity contribution < 1.29 is 40.3 Å². The lowest BCUT2D eigenvalue weighted by molar-refractivity contribution is -0.143. The Bertz CT molecular complexity index is 1620. The minimum atomic E-state index is -5.09. The Morgan fingerprint density at radius 2 is 1.51 bits per heavy atom. The zero-order chi connectivity index (χ0) is 33.1. The quantitative estimate of drug-likeness (QED) is 0.284. The van der Waals surface area contributed by atoms with Crippen LogP contribution in [0.4, 0.5) is 42.2 Å². The maximum Gasteiger partial charge on any atom is 0.416 e. The van der Waals surface area contributed by atoms with Crippen LogP contribution in [-0.2, 0) is 27.4 Å². The number of aryl methyl sites for hydroxylation is 1. The molecule has 0 spiro atoms. The summed E-state index contributed by atoms with van der Waals surface area (Å²) in [6.07, 6.45) is -7.22. The lowest BCUT2D eigenvalue weighted by Crippen LogP contribution is -2.54. The summed E-state index contributed by atoms with van der Waals surface area (Å²) in [5.74, 6) is -1.13. The van der Waals surface area contributed by atoms with Crippen LogP contribution in [0.15, 0.2) is 48.7 Å². The molecule has 0 unspecified atom stereocenters. The molecule has 2 aliphatic rings. The molecule has 45 heavy (non-hydrogen) atoms. The topological polar surface area (TPSA) is 56.8 Å². The van der Waals surface area contributed by atoms with E-state index >= 15 is 0 Å². The van der Waals surface area contributed by atoms with E-state index in [1.165, 1.54) is 45.3 Å². The molecule has 0 N–H and O–H groups in total. The molecule has 2 saturated heterocycles. The fraction of sp³-hybridized carbons (Fsp3) is 0.406. The first-order valence-electron chi connectivity index (χ1n) is 14.3. The van der Waals surface area contributed by atoms with Gasteiger partial charge < -0.3 is 4.90 Å². The Morgan fingerprint density at radius 1 is 0.889 bits per heavy atom. The summed E-state index contributed by atoms with van der Waals surface area (Å²) in [4.78, 5) is 36.6. The number of rotatable bonds is 5. The van der Waals surface area contributed by atoms with Gasteiger partial charge in [-0.05, 0) is 93.2 Å². The number of amides is 2. The number of halogens is 7. The van der Waals surface area contributed by atoms with Crippen LogP contribution in [0.5, 0.6) is 0 Å². The third-order valence-electron chi connectivity index (χ3n) is 8.66. The number of aromatic nitrogens is 1. The van der Waals surface area contributed by atoms with Crippen LogP contribution in [0.1, 0.15) is 48.9 Å². The highest BCUT2D eigenvalue weighted by molar-refractivity contribution is 6.04. The van der Waals surface area contributed by atoms with Crippen molar-refractivity contribution >= 4 is 23.3 Å². The second kappa shape index (κ2) is 11.4. The van der Waals surface area contributed by atoms with E-state index in [1.54, 1.807) is 17.9 Å². The van der Waals surface area contributed by atoms with E-state index in [2.05, 4.69) is 9.88 Å².